The van der Waals surface area contributed by atoms with Gasteiger partial charge in [0.25, 0.3) is 0 Å². The Morgan fingerprint density at radius 2 is 2.29 bits per heavy atom. The molecule has 3 amide bonds. The zero-order valence-electron chi connectivity index (χ0n) is 7.51. The van der Waals surface area contributed by atoms with Crippen LogP contribution in [0.15, 0.2) is 0 Å². The summed E-state index contributed by atoms with van der Waals surface area (Å²) in [6.45, 7) is 0. The molecule has 0 spiro atoms. The van der Waals surface area contributed by atoms with Crippen LogP contribution in [0.2, 0.25) is 0 Å². The van der Waals surface area contributed by atoms with Gasteiger partial charge in [-0.25, -0.2) is 0 Å². The maximum Gasteiger partial charge on any atom is 0.249 e. The van der Waals surface area contributed by atoms with Crippen molar-refractivity contribution in [2.75, 3.05) is 5.33 Å². The lowest BCUT2D eigenvalue weighted by molar-refractivity contribution is -0.137. The minimum Gasteiger partial charge on any atom is -0.344 e. The van der Waals surface area contributed by atoms with Gasteiger partial charge in [-0.1, -0.05) is 15.9 Å². The molecule has 1 saturated heterocycles. The summed E-state index contributed by atoms with van der Waals surface area (Å²) >= 11 is 3.12. The first-order chi connectivity index (χ1) is 6.63. The molecule has 1 fully saturated rings. The largest absolute Gasteiger partial charge is 0.344 e. The first-order valence-corrected chi connectivity index (χ1v) is 5.44. The predicted octanol–water partition coefficient (Wildman–Crippen LogP) is -0.307. The molecule has 1 atom stereocenters. The molecule has 0 bridgehead atoms. The van der Waals surface area contributed by atoms with E-state index in [9.17, 15) is 14.4 Å². The molecule has 0 aromatic carbocycles. The van der Waals surface area contributed by atoms with Crippen molar-refractivity contribution in [1.29, 1.82) is 0 Å². The molecule has 0 aliphatic carbocycles. The summed E-state index contributed by atoms with van der Waals surface area (Å²) in [5.41, 5.74) is 0. The third-order valence-corrected chi connectivity index (χ3v) is 2.29. The second kappa shape index (κ2) is 5.09. The lowest BCUT2D eigenvalue weighted by atomic mass is 10.1. The summed E-state index contributed by atoms with van der Waals surface area (Å²) in [6, 6.07) is -0.556. The minimum atomic E-state index is -0.556. The van der Waals surface area contributed by atoms with E-state index in [-0.39, 0.29) is 18.2 Å². The van der Waals surface area contributed by atoms with E-state index in [2.05, 4.69) is 26.6 Å². The Hall–Kier alpha value is -0.910. The van der Waals surface area contributed by atoms with Crippen LogP contribution in [-0.4, -0.2) is 29.1 Å². The average molecular weight is 263 g/mol. The second-order valence-corrected chi connectivity index (χ2v) is 3.80. The van der Waals surface area contributed by atoms with Crippen LogP contribution < -0.4 is 10.6 Å². The van der Waals surface area contributed by atoms with Crippen molar-refractivity contribution in [3.63, 3.8) is 0 Å². The number of piperidine rings is 1. The Morgan fingerprint density at radius 1 is 1.57 bits per heavy atom. The van der Waals surface area contributed by atoms with Gasteiger partial charge >= 0.3 is 0 Å². The smallest absolute Gasteiger partial charge is 0.249 e. The van der Waals surface area contributed by atoms with Crippen LogP contribution in [0.1, 0.15) is 19.3 Å². The summed E-state index contributed by atoms with van der Waals surface area (Å²) in [5.74, 6) is -0.874. The van der Waals surface area contributed by atoms with E-state index in [1.54, 1.807) is 0 Å². The summed E-state index contributed by atoms with van der Waals surface area (Å²) < 4.78 is 0. The van der Waals surface area contributed by atoms with Gasteiger partial charge in [-0.3, -0.25) is 19.7 Å². The van der Waals surface area contributed by atoms with Crippen LogP contribution in [0.4, 0.5) is 0 Å². The fourth-order valence-electron chi connectivity index (χ4n) is 1.18. The van der Waals surface area contributed by atoms with Crippen LogP contribution in [0.5, 0.6) is 0 Å². The van der Waals surface area contributed by atoms with Gasteiger partial charge in [-0.15, -0.1) is 0 Å². The molecule has 1 aliphatic heterocycles. The maximum atomic E-state index is 11.2. The van der Waals surface area contributed by atoms with Crippen LogP contribution in [0.3, 0.4) is 0 Å². The first kappa shape index (κ1) is 11.2. The third kappa shape index (κ3) is 3.10. The molecule has 78 valence electrons. The van der Waals surface area contributed by atoms with E-state index < -0.39 is 11.9 Å². The fourth-order valence-corrected chi connectivity index (χ4v) is 1.54. The highest BCUT2D eigenvalue weighted by Crippen LogP contribution is 2.04. The number of hydrogen-bond acceptors (Lipinski definition) is 3. The van der Waals surface area contributed by atoms with E-state index in [1.165, 1.54) is 0 Å². The Kier molecular flexibility index (Phi) is 4.06. The summed E-state index contributed by atoms with van der Waals surface area (Å²) in [5, 5.41) is 5.29. The quantitative estimate of drug-likeness (QED) is 0.542. The molecule has 1 aliphatic rings. The highest BCUT2D eigenvalue weighted by Gasteiger charge is 2.27. The van der Waals surface area contributed by atoms with Gasteiger partial charge in [0.05, 0.1) is 0 Å². The predicted molar refractivity (Wildman–Crippen MR) is 52.7 cm³/mol. The van der Waals surface area contributed by atoms with Crippen LogP contribution in [0.25, 0.3) is 0 Å². The molecule has 6 heteroatoms. The Bertz CT molecular complexity index is 267. The number of halogens is 1. The zero-order chi connectivity index (χ0) is 10.6. The number of amides is 3. The number of rotatable bonds is 3. The van der Waals surface area contributed by atoms with Crippen molar-refractivity contribution < 1.29 is 14.4 Å². The molecule has 1 unspecified atom stereocenters. The second-order valence-electron chi connectivity index (χ2n) is 3.01. The Labute approximate surface area is 89.7 Å². The van der Waals surface area contributed by atoms with Gasteiger partial charge < -0.3 is 5.32 Å². The fraction of sp³-hybridized carbons (Fsp3) is 0.625. The van der Waals surface area contributed by atoms with Crippen molar-refractivity contribution >= 4 is 33.7 Å². The number of nitrogens with one attached hydrogen (secondary N) is 2. The maximum absolute atomic E-state index is 11.2. The van der Waals surface area contributed by atoms with E-state index >= 15 is 0 Å². The first-order valence-electron chi connectivity index (χ1n) is 4.32. The van der Waals surface area contributed by atoms with Crippen molar-refractivity contribution in [3.05, 3.63) is 0 Å². The zero-order valence-corrected chi connectivity index (χ0v) is 9.09. The van der Waals surface area contributed by atoms with Gasteiger partial charge in [0, 0.05) is 18.2 Å². The number of alkyl halides is 1. The van der Waals surface area contributed by atoms with E-state index in [4.69, 9.17) is 0 Å². The number of hydrogen-bond donors (Lipinski definition) is 2. The van der Waals surface area contributed by atoms with Gasteiger partial charge in [-0.2, -0.15) is 0 Å². The number of carbonyl (C=O) groups excluding carboxylic acids is 3. The monoisotopic (exact) mass is 262 g/mol. The highest BCUT2D eigenvalue weighted by molar-refractivity contribution is 9.09. The van der Waals surface area contributed by atoms with Gasteiger partial charge in [0.1, 0.15) is 6.04 Å². The van der Waals surface area contributed by atoms with Gasteiger partial charge in [0.15, 0.2) is 0 Å². The molecule has 2 N–H and O–H groups in total. The number of imide groups is 1. The highest BCUT2D eigenvalue weighted by atomic mass is 79.9. The Balaban J connectivity index is 2.41. The topological polar surface area (TPSA) is 75.3 Å². The molecule has 0 radical (unpaired) electrons. The van der Waals surface area contributed by atoms with Crippen molar-refractivity contribution in [2.45, 2.75) is 25.3 Å². The minimum absolute atomic E-state index is 0.184. The number of carbonyl (C=O) groups is 3. The normalized spacial score (nSPS) is 21.6. The standard InChI is InChI=1S/C8H11BrN2O3/c9-4-3-7(13)10-5-1-2-6(12)11-8(5)14/h5H,1-4H2,(H,10,13)(H,11,12,14). The summed E-state index contributed by atoms with van der Waals surface area (Å²) in [6.07, 6.45) is 1.00. The molecular formula is C8H11BrN2O3. The summed E-state index contributed by atoms with van der Waals surface area (Å²) in [4.78, 5) is 33.1. The van der Waals surface area contributed by atoms with Crippen LogP contribution in [0, 0.1) is 0 Å². The molecule has 14 heavy (non-hydrogen) atoms. The van der Waals surface area contributed by atoms with Gasteiger partial charge in [-0.05, 0) is 6.42 Å². The summed E-state index contributed by atoms with van der Waals surface area (Å²) in [7, 11) is 0. The lowest BCUT2D eigenvalue weighted by Crippen LogP contribution is -2.52. The molecule has 1 rings (SSSR count). The Morgan fingerprint density at radius 3 is 2.86 bits per heavy atom. The molecular weight excluding hydrogens is 252 g/mol. The van der Waals surface area contributed by atoms with Crippen molar-refractivity contribution in [1.82, 2.24) is 10.6 Å². The molecule has 0 saturated carbocycles. The SMILES string of the molecule is O=C1CCC(NC(=O)CCBr)C(=O)N1. The van der Waals surface area contributed by atoms with E-state index in [0.29, 0.717) is 18.2 Å². The van der Waals surface area contributed by atoms with Crippen molar-refractivity contribution in [3.8, 4) is 0 Å². The van der Waals surface area contributed by atoms with E-state index in [0.717, 1.165) is 0 Å². The van der Waals surface area contributed by atoms with E-state index in [1.807, 2.05) is 0 Å². The molecule has 0 aromatic rings. The average Bonchev–Trinajstić information content (AvgIpc) is 2.10. The molecule has 1 heterocycles. The van der Waals surface area contributed by atoms with Crippen LogP contribution >= 0.6 is 15.9 Å². The van der Waals surface area contributed by atoms with Crippen LogP contribution in [-0.2, 0) is 14.4 Å². The third-order valence-electron chi connectivity index (χ3n) is 1.90. The lowest BCUT2D eigenvalue weighted by Gasteiger charge is -2.21. The molecule has 0 aromatic heterocycles. The van der Waals surface area contributed by atoms with Gasteiger partial charge in [0.2, 0.25) is 17.7 Å². The van der Waals surface area contributed by atoms with Crippen molar-refractivity contribution in [2.24, 2.45) is 0 Å². The molecule has 5 nitrogen and oxygen atoms in total.